The number of piperidine rings is 2. The van der Waals surface area contributed by atoms with Gasteiger partial charge in [0.1, 0.15) is 5.78 Å². The molecule has 1 aromatic heterocycles. The summed E-state index contributed by atoms with van der Waals surface area (Å²) in [5.74, 6) is 0.415. The van der Waals surface area contributed by atoms with Gasteiger partial charge in [0.2, 0.25) is 0 Å². The van der Waals surface area contributed by atoms with Crippen LogP contribution in [0.25, 0.3) is 0 Å². The number of ketones is 1. The smallest absolute Gasteiger partial charge is 0.311 e. The third-order valence-corrected chi connectivity index (χ3v) is 6.47. The van der Waals surface area contributed by atoms with Crippen molar-refractivity contribution in [2.45, 2.75) is 39.8 Å². The molecule has 5 heterocycles. The number of aromatic amines is 2. The van der Waals surface area contributed by atoms with Crippen molar-refractivity contribution in [1.29, 1.82) is 0 Å². The van der Waals surface area contributed by atoms with Crippen LogP contribution in [0.15, 0.2) is 9.59 Å². The van der Waals surface area contributed by atoms with Gasteiger partial charge in [-0.25, -0.2) is 4.79 Å². The van der Waals surface area contributed by atoms with Crippen molar-refractivity contribution in [3.63, 3.8) is 0 Å². The lowest BCUT2D eigenvalue weighted by atomic mass is 9.58. The molecule has 0 aliphatic carbocycles. The van der Waals surface area contributed by atoms with Crippen molar-refractivity contribution in [1.82, 2.24) is 19.8 Å². The molecular weight excluding hydrogens is 308 g/mol. The number of aromatic nitrogens is 2. The molecule has 0 aromatic carbocycles. The van der Waals surface area contributed by atoms with Crippen LogP contribution in [-0.4, -0.2) is 51.7 Å². The van der Waals surface area contributed by atoms with E-state index in [9.17, 15) is 14.4 Å². The van der Waals surface area contributed by atoms with Crippen molar-refractivity contribution in [2.24, 2.45) is 10.8 Å². The first-order valence-corrected chi connectivity index (χ1v) is 8.72. The molecule has 7 nitrogen and oxygen atoms in total. The second-order valence-electron chi connectivity index (χ2n) is 7.73. The maximum Gasteiger partial charge on any atom is 0.325 e. The third-order valence-electron chi connectivity index (χ3n) is 6.47. The molecule has 0 atom stereocenters. The molecule has 5 rings (SSSR count). The Balaban J connectivity index is 1.83. The number of carbonyl (C=O) groups excluding carboxylic acids is 1. The highest BCUT2D eigenvalue weighted by molar-refractivity contribution is 5.93. The van der Waals surface area contributed by atoms with Gasteiger partial charge in [-0.2, -0.15) is 0 Å². The summed E-state index contributed by atoms with van der Waals surface area (Å²) >= 11 is 0. The van der Waals surface area contributed by atoms with Gasteiger partial charge in [0, 0.05) is 31.9 Å². The van der Waals surface area contributed by atoms with Crippen LogP contribution in [-0.2, 0) is 4.79 Å². The molecule has 0 radical (unpaired) electrons. The quantitative estimate of drug-likeness (QED) is 0.835. The van der Waals surface area contributed by atoms with Crippen LogP contribution >= 0.6 is 0 Å². The first-order chi connectivity index (χ1) is 11.4. The molecule has 4 saturated heterocycles. The second-order valence-corrected chi connectivity index (χ2v) is 7.73. The number of nitrogens with one attached hydrogen (secondary N) is 2. The average molecular weight is 332 g/mol. The van der Waals surface area contributed by atoms with Crippen LogP contribution in [0.5, 0.6) is 0 Å². The zero-order valence-electron chi connectivity index (χ0n) is 14.4. The SMILES string of the molecule is CCC12CN3CC(CC)(CN(C1)C3c1c(C)[nH]c(=O)[nH]c1=O)C2=O. The number of nitrogens with zero attached hydrogens (tertiary/aromatic N) is 2. The molecule has 7 heteroatoms. The summed E-state index contributed by atoms with van der Waals surface area (Å²) in [6.07, 6.45) is 1.50. The lowest BCUT2D eigenvalue weighted by Gasteiger charge is -2.66. The van der Waals surface area contributed by atoms with E-state index in [1.165, 1.54) is 0 Å². The van der Waals surface area contributed by atoms with E-state index in [0.717, 1.165) is 12.8 Å². The van der Waals surface area contributed by atoms with E-state index >= 15 is 0 Å². The normalized spacial score (nSPS) is 40.3. The molecule has 4 aliphatic rings. The first kappa shape index (κ1) is 15.8. The summed E-state index contributed by atoms with van der Waals surface area (Å²) in [7, 11) is 0. The third kappa shape index (κ3) is 1.82. The molecule has 0 unspecified atom stereocenters. The second kappa shape index (κ2) is 4.89. The van der Waals surface area contributed by atoms with Crippen molar-refractivity contribution >= 4 is 5.78 Å². The zero-order chi connectivity index (χ0) is 17.3. The Morgan fingerprint density at radius 3 is 1.88 bits per heavy atom. The van der Waals surface area contributed by atoms with Crippen LogP contribution in [0, 0.1) is 17.8 Å². The van der Waals surface area contributed by atoms with Crippen LogP contribution < -0.4 is 11.2 Å². The molecule has 0 saturated carbocycles. The standard InChI is InChI=1S/C17H24N4O3/c1-4-16-6-20-8-17(5-2,14(16)23)9-21(7-16)13(20)11-10(3)18-15(24)19-12(11)22/h13H,4-9H2,1-3H3,(H2,18,19,22,24). The lowest BCUT2D eigenvalue weighted by Crippen LogP contribution is -2.76. The van der Waals surface area contributed by atoms with Gasteiger partial charge < -0.3 is 4.98 Å². The summed E-state index contributed by atoms with van der Waals surface area (Å²) in [5, 5.41) is 0. The predicted octanol–water partition coefficient (Wildman–Crippen LogP) is 0.377. The molecule has 130 valence electrons. The van der Waals surface area contributed by atoms with E-state index in [-0.39, 0.29) is 22.6 Å². The monoisotopic (exact) mass is 332 g/mol. The van der Waals surface area contributed by atoms with Crippen molar-refractivity contribution in [2.75, 3.05) is 26.2 Å². The number of H-pyrrole nitrogens is 2. The highest BCUT2D eigenvalue weighted by Crippen LogP contribution is 2.54. The first-order valence-electron chi connectivity index (χ1n) is 8.72. The number of carbonyl (C=O) groups is 1. The van der Waals surface area contributed by atoms with Gasteiger partial charge in [-0.3, -0.25) is 24.4 Å². The Morgan fingerprint density at radius 1 is 0.958 bits per heavy atom. The van der Waals surface area contributed by atoms with Gasteiger partial charge in [-0.15, -0.1) is 0 Å². The fraction of sp³-hybridized carbons (Fsp3) is 0.706. The molecule has 1 aromatic rings. The van der Waals surface area contributed by atoms with Crippen molar-refractivity contribution in [3.8, 4) is 0 Å². The fourth-order valence-corrected chi connectivity index (χ4v) is 5.25. The number of rotatable bonds is 3. The molecule has 4 aliphatic heterocycles. The molecule has 4 bridgehead atoms. The van der Waals surface area contributed by atoms with Crippen molar-refractivity contribution in [3.05, 3.63) is 32.1 Å². The molecule has 0 amide bonds. The highest BCUT2D eigenvalue weighted by atomic mass is 16.2. The van der Waals surface area contributed by atoms with Crippen LogP contribution in [0.2, 0.25) is 0 Å². The van der Waals surface area contributed by atoms with Gasteiger partial charge in [0.15, 0.2) is 0 Å². The minimum absolute atomic E-state index is 0.155. The zero-order valence-corrected chi connectivity index (χ0v) is 14.4. The Morgan fingerprint density at radius 2 is 1.46 bits per heavy atom. The van der Waals surface area contributed by atoms with Gasteiger partial charge in [-0.1, -0.05) is 13.8 Å². The number of hydrogen-bond donors (Lipinski definition) is 2. The van der Waals surface area contributed by atoms with Gasteiger partial charge >= 0.3 is 5.69 Å². The van der Waals surface area contributed by atoms with E-state index in [2.05, 4.69) is 33.6 Å². The van der Waals surface area contributed by atoms with E-state index < -0.39 is 5.69 Å². The maximum absolute atomic E-state index is 13.1. The Hall–Kier alpha value is -1.73. The van der Waals surface area contributed by atoms with Crippen molar-refractivity contribution < 1.29 is 4.79 Å². The van der Waals surface area contributed by atoms with E-state index in [4.69, 9.17) is 0 Å². The summed E-state index contributed by atoms with van der Waals surface area (Å²) in [4.78, 5) is 46.7. The molecule has 24 heavy (non-hydrogen) atoms. The maximum atomic E-state index is 13.1. The molecule has 0 spiro atoms. The number of Topliss-reactive ketones (excluding diaryl/α,β-unsaturated/α-hetero) is 1. The van der Waals surface area contributed by atoms with Gasteiger partial charge in [0.25, 0.3) is 5.56 Å². The van der Waals surface area contributed by atoms with Crippen LogP contribution in [0.4, 0.5) is 0 Å². The average Bonchev–Trinajstić information content (AvgIpc) is 2.52. The number of aryl methyl sites for hydroxylation is 1. The molecule has 4 fully saturated rings. The molecule has 2 N–H and O–H groups in total. The lowest BCUT2D eigenvalue weighted by molar-refractivity contribution is -0.204. The van der Waals surface area contributed by atoms with Crippen LogP contribution in [0.1, 0.15) is 44.1 Å². The fourth-order valence-electron chi connectivity index (χ4n) is 5.25. The van der Waals surface area contributed by atoms with E-state index in [0.29, 0.717) is 43.2 Å². The van der Waals surface area contributed by atoms with Crippen LogP contribution in [0.3, 0.4) is 0 Å². The Kier molecular flexibility index (Phi) is 3.22. The minimum Gasteiger partial charge on any atom is -0.311 e. The van der Waals surface area contributed by atoms with Gasteiger partial charge in [0.05, 0.1) is 22.6 Å². The molecular formula is C17H24N4O3. The summed E-state index contributed by atoms with van der Waals surface area (Å²) in [6.45, 7) is 8.74. The summed E-state index contributed by atoms with van der Waals surface area (Å²) < 4.78 is 0. The van der Waals surface area contributed by atoms with E-state index in [1.807, 2.05) is 0 Å². The summed E-state index contributed by atoms with van der Waals surface area (Å²) in [5.41, 5.74) is -0.198. The summed E-state index contributed by atoms with van der Waals surface area (Å²) in [6, 6.07) is 0. The minimum atomic E-state index is -0.472. The highest BCUT2D eigenvalue weighted by Gasteiger charge is 2.64. The Labute approximate surface area is 140 Å². The number of hydrogen-bond acceptors (Lipinski definition) is 5. The predicted molar refractivity (Wildman–Crippen MR) is 88.8 cm³/mol. The Bertz CT molecular complexity index is 782. The largest absolute Gasteiger partial charge is 0.325 e. The van der Waals surface area contributed by atoms with E-state index in [1.54, 1.807) is 6.92 Å². The van der Waals surface area contributed by atoms with Gasteiger partial charge in [-0.05, 0) is 19.8 Å². The topological polar surface area (TPSA) is 89.3 Å².